The van der Waals surface area contributed by atoms with Crippen molar-refractivity contribution in [1.29, 1.82) is 0 Å². The first-order chi connectivity index (χ1) is 34.1. The maximum absolute atomic E-state index is 14.0. The van der Waals surface area contributed by atoms with Gasteiger partial charge in [0.1, 0.15) is 23.0 Å². The number of hydrogen-bond acceptors (Lipinski definition) is 13. The molecule has 0 aromatic heterocycles. The molecule has 0 bridgehead atoms. The third-order valence-electron chi connectivity index (χ3n) is 13.5. The summed E-state index contributed by atoms with van der Waals surface area (Å²) in [5, 5.41) is 0. The molecule has 0 radical (unpaired) electrons. The van der Waals surface area contributed by atoms with Crippen molar-refractivity contribution in [2.45, 2.75) is 19.8 Å². The molecule has 6 aromatic rings. The van der Waals surface area contributed by atoms with Crippen LogP contribution >= 0.6 is 0 Å². The van der Waals surface area contributed by atoms with Crippen LogP contribution in [0.25, 0.3) is 0 Å². The fourth-order valence-corrected chi connectivity index (χ4v) is 9.89. The minimum Gasteiger partial charge on any atom is -0.457 e. The molecule has 3 fully saturated rings. The highest BCUT2D eigenvalue weighted by Gasteiger charge is 2.60. The Hall–Kier alpha value is -9.38. The van der Waals surface area contributed by atoms with Gasteiger partial charge in [0.05, 0.1) is 74.1 Å². The topological polar surface area (TPSA) is 211 Å². The second kappa shape index (κ2) is 16.7. The van der Waals surface area contributed by atoms with E-state index in [0.29, 0.717) is 17.2 Å². The molecule has 4 atom stereocenters. The molecule has 4 aliphatic heterocycles. The predicted octanol–water partition coefficient (Wildman–Crippen LogP) is 6.96. The number of carbonyl (C=O) groups excluding carboxylic acids is 10. The fourth-order valence-electron chi connectivity index (χ4n) is 9.89. The first kappa shape index (κ1) is 44.1. The lowest BCUT2D eigenvalue weighted by Gasteiger charge is -2.28. The van der Waals surface area contributed by atoms with Crippen molar-refractivity contribution in [2.75, 3.05) is 21.7 Å². The standard InChI is InChI=1S/C54H36N4O13/c1-27-9-15-33(16-10-27)69-34-17-13-30(14-18-34)56-47(61)38-20-12-29(22-40(38)48(56)62)54(68)71-36-8-4-6-32(24-36)58-51(65)43-25-41-42(26-44(43)52(58)66)50(64)57(49(41)63)31-5-3-7-35(23-31)70-53(67)28-11-19-37-39(21-28)46(60)55(2)45(37)59/h3-24,41-44H,25-26H2,1-2H3. The van der Waals surface area contributed by atoms with Crippen molar-refractivity contribution in [3.05, 3.63) is 172 Å². The summed E-state index contributed by atoms with van der Waals surface area (Å²) in [6.45, 7) is 1.96. The molecule has 6 aromatic carbocycles. The van der Waals surface area contributed by atoms with Crippen molar-refractivity contribution < 1.29 is 62.2 Å². The number of amides is 8. The van der Waals surface area contributed by atoms with Gasteiger partial charge in [-0.05, 0) is 117 Å². The van der Waals surface area contributed by atoms with E-state index in [2.05, 4.69) is 0 Å². The first-order valence-electron chi connectivity index (χ1n) is 22.4. The molecule has 71 heavy (non-hydrogen) atoms. The van der Waals surface area contributed by atoms with Crippen LogP contribution in [-0.4, -0.2) is 71.1 Å². The van der Waals surface area contributed by atoms with Crippen LogP contribution in [0.4, 0.5) is 17.1 Å². The Labute approximate surface area is 402 Å². The minimum atomic E-state index is -0.926. The number of fused-ring (bicyclic) bond motifs is 4. The SMILES string of the molecule is Cc1ccc(Oc2ccc(N3C(=O)c4ccc(C(=O)Oc5cccc(N6C(=O)C7CC8C(=O)N(c9cccc(OC(=O)c%10ccc%11c(c%10)C(=O)N(C)C%11=O)c9)C(=O)C8CC7C6=O)c5)cc4C3=O)cc2)cc1. The van der Waals surface area contributed by atoms with Gasteiger partial charge in [-0.3, -0.25) is 43.3 Å². The zero-order chi connectivity index (χ0) is 49.6. The smallest absolute Gasteiger partial charge is 0.343 e. The molecule has 8 amide bonds. The van der Waals surface area contributed by atoms with Crippen LogP contribution in [0, 0.1) is 30.6 Å². The molecule has 5 aliphatic rings. The number of anilines is 3. The number of imide groups is 4. The molecular weight excluding hydrogens is 913 g/mol. The highest BCUT2D eigenvalue weighted by molar-refractivity contribution is 6.35. The quantitative estimate of drug-likeness (QED) is 0.0816. The van der Waals surface area contributed by atoms with Gasteiger partial charge in [0.15, 0.2) is 0 Å². The van der Waals surface area contributed by atoms with Crippen molar-refractivity contribution in [3.8, 4) is 23.0 Å². The van der Waals surface area contributed by atoms with Gasteiger partial charge in [-0.2, -0.15) is 0 Å². The van der Waals surface area contributed by atoms with Crippen LogP contribution in [-0.2, 0) is 19.2 Å². The van der Waals surface area contributed by atoms with E-state index in [1.54, 1.807) is 24.3 Å². The van der Waals surface area contributed by atoms with E-state index in [0.717, 1.165) is 25.2 Å². The summed E-state index contributed by atoms with van der Waals surface area (Å²) in [6, 6.07) is 33.4. The van der Waals surface area contributed by atoms with Gasteiger partial charge in [0.2, 0.25) is 23.6 Å². The van der Waals surface area contributed by atoms with E-state index in [1.807, 2.05) is 31.2 Å². The van der Waals surface area contributed by atoms with Gasteiger partial charge in [0, 0.05) is 19.2 Å². The van der Waals surface area contributed by atoms with E-state index >= 15 is 0 Å². The Morgan fingerprint density at radius 2 is 0.831 bits per heavy atom. The van der Waals surface area contributed by atoms with Crippen LogP contribution in [0.5, 0.6) is 23.0 Å². The summed E-state index contributed by atoms with van der Waals surface area (Å²) in [6.07, 6.45) is -0.166. The highest BCUT2D eigenvalue weighted by atomic mass is 16.5. The van der Waals surface area contributed by atoms with Crippen LogP contribution in [0.15, 0.2) is 133 Å². The molecule has 17 nitrogen and oxygen atoms in total. The van der Waals surface area contributed by atoms with E-state index < -0.39 is 82.9 Å². The maximum atomic E-state index is 14.0. The maximum Gasteiger partial charge on any atom is 0.343 e. The lowest BCUT2D eigenvalue weighted by molar-refractivity contribution is -0.129. The molecule has 17 heteroatoms. The van der Waals surface area contributed by atoms with Crippen molar-refractivity contribution >= 4 is 76.3 Å². The number of esters is 2. The minimum absolute atomic E-state index is 0.00170. The molecule has 11 rings (SSSR count). The lowest BCUT2D eigenvalue weighted by atomic mass is 9.70. The zero-order valence-corrected chi connectivity index (χ0v) is 37.5. The molecule has 0 spiro atoms. The van der Waals surface area contributed by atoms with Crippen LogP contribution < -0.4 is 28.9 Å². The average Bonchev–Trinajstić information content (AvgIpc) is 3.96. The number of carbonyl (C=O) groups is 10. The van der Waals surface area contributed by atoms with E-state index in [-0.39, 0.29) is 69.1 Å². The Bertz CT molecular complexity index is 3380. The first-order valence-corrected chi connectivity index (χ1v) is 22.4. The molecule has 4 unspecified atom stereocenters. The number of rotatable bonds is 9. The Balaban J connectivity index is 0.742. The molecule has 350 valence electrons. The molecule has 1 saturated carbocycles. The summed E-state index contributed by atoms with van der Waals surface area (Å²) in [5.74, 6) is -8.95. The van der Waals surface area contributed by atoms with Crippen molar-refractivity contribution in [1.82, 2.24) is 4.90 Å². The fraction of sp³-hybridized carbons (Fsp3) is 0.148. The average molecular weight is 949 g/mol. The number of benzene rings is 6. The Morgan fingerprint density at radius 3 is 1.31 bits per heavy atom. The Kier molecular flexibility index (Phi) is 10.4. The second-order valence-corrected chi connectivity index (χ2v) is 17.7. The normalized spacial score (nSPS) is 20.1. The summed E-state index contributed by atoms with van der Waals surface area (Å²) in [5.41, 5.74) is 1.85. The summed E-state index contributed by atoms with van der Waals surface area (Å²) < 4.78 is 17.1. The summed E-state index contributed by atoms with van der Waals surface area (Å²) >= 11 is 0. The zero-order valence-electron chi connectivity index (χ0n) is 37.5. The number of nitrogens with zero attached hydrogens (tertiary/aromatic N) is 4. The van der Waals surface area contributed by atoms with Crippen LogP contribution in [0.1, 0.15) is 80.6 Å². The highest BCUT2D eigenvalue weighted by Crippen LogP contribution is 2.49. The van der Waals surface area contributed by atoms with Crippen molar-refractivity contribution in [2.24, 2.45) is 23.7 Å². The Morgan fingerprint density at radius 1 is 0.423 bits per heavy atom. The predicted molar refractivity (Wildman–Crippen MR) is 249 cm³/mol. The molecular formula is C54H36N4O13. The summed E-state index contributed by atoms with van der Waals surface area (Å²) in [7, 11) is 1.33. The van der Waals surface area contributed by atoms with Gasteiger partial charge < -0.3 is 14.2 Å². The molecule has 1 aliphatic carbocycles. The largest absolute Gasteiger partial charge is 0.457 e. The van der Waals surface area contributed by atoms with Gasteiger partial charge in [-0.25, -0.2) is 24.3 Å². The molecule has 2 saturated heterocycles. The summed E-state index contributed by atoms with van der Waals surface area (Å²) in [4.78, 5) is 138. The van der Waals surface area contributed by atoms with Gasteiger partial charge in [-0.1, -0.05) is 29.8 Å². The van der Waals surface area contributed by atoms with Crippen LogP contribution in [0.3, 0.4) is 0 Å². The van der Waals surface area contributed by atoms with E-state index in [4.69, 9.17) is 14.2 Å². The monoisotopic (exact) mass is 948 g/mol. The number of aryl methyl sites for hydroxylation is 1. The lowest BCUT2D eigenvalue weighted by Crippen LogP contribution is -2.35. The van der Waals surface area contributed by atoms with Gasteiger partial charge in [-0.15, -0.1) is 0 Å². The van der Waals surface area contributed by atoms with E-state index in [9.17, 15) is 47.9 Å². The number of ether oxygens (including phenoxy) is 3. The third kappa shape index (κ3) is 7.33. The van der Waals surface area contributed by atoms with Crippen LogP contribution in [0.2, 0.25) is 0 Å². The number of hydrogen-bond donors (Lipinski definition) is 0. The van der Waals surface area contributed by atoms with E-state index in [1.165, 1.54) is 92.0 Å². The van der Waals surface area contributed by atoms with Crippen molar-refractivity contribution in [3.63, 3.8) is 0 Å². The van der Waals surface area contributed by atoms with Gasteiger partial charge in [0.25, 0.3) is 23.6 Å². The van der Waals surface area contributed by atoms with Gasteiger partial charge >= 0.3 is 11.9 Å². The second-order valence-electron chi connectivity index (χ2n) is 17.7. The molecule has 4 heterocycles. The third-order valence-corrected chi connectivity index (χ3v) is 13.5. The molecule has 0 N–H and O–H groups in total.